The Kier molecular flexibility index (Phi) is 6.59. The molecule has 6 heteroatoms. The number of carbonyl (C=O) groups is 1. The van der Waals surface area contributed by atoms with Crippen molar-refractivity contribution < 1.29 is 4.79 Å². The number of hydrogen-bond acceptors (Lipinski definition) is 3. The molecule has 1 atom stereocenters. The van der Waals surface area contributed by atoms with Crippen molar-refractivity contribution in [2.45, 2.75) is 32.9 Å². The van der Waals surface area contributed by atoms with Crippen LogP contribution >= 0.6 is 12.4 Å². The standard InChI is InChI=1S/C16H22N4O.ClH/c1-11-14(12(2)20(3)19-11)10-18-16(21)15(17)9-13-7-5-4-6-8-13;/h4-8,15H,9-10,17H2,1-3H3,(H,18,21);1H/t15-;/m0./s1. The summed E-state index contributed by atoms with van der Waals surface area (Å²) >= 11 is 0. The molecule has 0 radical (unpaired) electrons. The van der Waals surface area contributed by atoms with Crippen molar-refractivity contribution in [2.75, 3.05) is 0 Å². The summed E-state index contributed by atoms with van der Waals surface area (Å²) in [6.07, 6.45) is 0.539. The van der Waals surface area contributed by atoms with Crippen LogP contribution in [0.2, 0.25) is 0 Å². The zero-order chi connectivity index (χ0) is 15.4. The lowest BCUT2D eigenvalue weighted by atomic mass is 10.1. The number of nitrogens with one attached hydrogen (secondary N) is 1. The lowest BCUT2D eigenvalue weighted by Crippen LogP contribution is -2.41. The summed E-state index contributed by atoms with van der Waals surface area (Å²) < 4.78 is 1.82. The monoisotopic (exact) mass is 322 g/mol. The number of aromatic nitrogens is 2. The summed E-state index contributed by atoms with van der Waals surface area (Å²) in [5.41, 5.74) is 10.1. The van der Waals surface area contributed by atoms with Crippen molar-refractivity contribution in [3.8, 4) is 0 Å². The average molecular weight is 323 g/mol. The summed E-state index contributed by atoms with van der Waals surface area (Å²) in [7, 11) is 1.90. The van der Waals surface area contributed by atoms with Crippen molar-refractivity contribution in [1.29, 1.82) is 0 Å². The second kappa shape index (κ2) is 7.96. The zero-order valence-electron chi connectivity index (χ0n) is 13.2. The van der Waals surface area contributed by atoms with Gasteiger partial charge in [-0.3, -0.25) is 9.48 Å². The fraction of sp³-hybridized carbons (Fsp3) is 0.375. The van der Waals surface area contributed by atoms with Crippen LogP contribution in [0, 0.1) is 13.8 Å². The predicted molar refractivity (Wildman–Crippen MR) is 89.9 cm³/mol. The first-order valence-electron chi connectivity index (χ1n) is 7.05. The van der Waals surface area contributed by atoms with Gasteiger partial charge in [-0.2, -0.15) is 5.10 Å². The zero-order valence-corrected chi connectivity index (χ0v) is 14.0. The molecule has 3 N–H and O–H groups in total. The Hall–Kier alpha value is -1.85. The first-order chi connectivity index (χ1) is 9.99. The summed E-state index contributed by atoms with van der Waals surface area (Å²) in [4.78, 5) is 12.1. The maximum Gasteiger partial charge on any atom is 0.237 e. The molecule has 0 bridgehead atoms. The van der Waals surface area contributed by atoms with Gasteiger partial charge in [0.2, 0.25) is 5.91 Å². The quantitative estimate of drug-likeness (QED) is 0.879. The SMILES string of the molecule is Cc1nn(C)c(C)c1CNC(=O)[C@@H](N)Cc1ccccc1.Cl. The van der Waals surface area contributed by atoms with Crippen LogP contribution in [0.1, 0.15) is 22.5 Å². The Morgan fingerprint density at radius 3 is 2.50 bits per heavy atom. The Morgan fingerprint density at radius 2 is 1.95 bits per heavy atom. The molecule has 1 aromatic carbocycles. The second-order valence-electron chi connectivity index (χ2n) is 5.29. The molecule has 1 aromatic heterocycles. The Morgan fingerprint density at radius 1 is 1.32 bits per heavy atom. The van der Waals surface area contributed by atoms with E-state index >= 15 is 0 Å². The van der Waals surface area contributed by atoms with E-state index in [1.807, 2.05) is 55.9 Å². The number of aryl methyl sites for hydroxylation is 2. The van der Waals surface area contributed by atoms with E-state index < -0.39 is 6.04 Å². The lowest BCUT2D eigenvalue weighted by Gasteiger charge is -2.12. The fourth-order valence-corrected chi connectivity index (χ4v) is 2.34. The van der Waals surface area contributed by atoms with E-state index in [2.05, 4.69) is 10.4 Å². The van der Waals surface area contributed by atoms with Crippen LogP contribution in [0.4, 0.5) is 0 Å². The normalized spacial score (nSPS) is 11.6. The molecule has 1 amide bonds. The maximum atomic E-state index is 12.1. The molecule has 120 valence electrons. The molecule has 22 heavy (non-hydrogen) atoms. The highest BCUT2D eigenvalue weighted by molar-refractivity contribution is 5.85. The molecule has 0 aliphatic rings. The number of rotatable bonds is 5. The Bertz CT molecular complexity index is 625. The molecule has 0 saturated heterocycles. The largest absolute Gasteiger partial charge is 0.351 e. The number of nitrogens with zero attached hydrogens (tertiary/aromatic N) is 2. The van der Waals surface area contributed by atoms with E-state index in [0.717, 1.165) is 22.5 Å². The van der Waals surface area contributed by atoms with Gasteiger partial charge in [-0.15, -0.1) is 12.4 Å². The third-order valence-corrected chi connectivity index (χ3v) is 3.73. The summed E-state index contributed by atoms with van der Waals surface area (Å²) in [6, 6.07) is 9.25. The molecule has 1 heterocycles. The average Bonchev–Trinajstić information content (AvgIpc) is 2.71. The summed E-state index contributed by atoms with van der Waals surface area (Å²) in [5.74, 6) is -0.137. The Labute approximate surface area is 137 Å². The number of benzene rings is 1. The van der Waals surface area contributed by atoms with E-state index in [1.54, 1.807) is 0 Å². The summed E-state index contributed by atoms with van der Waals surface area (Å²) in [6.45, 7) is 4.40. The van der Waals surface area contributed by atoms with Crippen molar-refractivity contribution in [2.24, 2.45) is 12.8 Å². The van der Waals surface area contributed by atoms with E-state index in [-0.39, 0.29) is 18.3 Å². The fourth-order valence-electron chi connectivity index (χ4n) is 2.34. The molecule has 2 rings (SSSR count). The van der Waals surface area contributed by atoms with Crippen LogP contribution in [0.25, 0.3) is 0 Å². The highest BCUT2D eigenvalue weighted by atomic mass is 35.5. The van der Waals surface area contributed by atoms with Crippen LogP contribution in [0.5, 0.6) is 0 Å². The molecule has 0 aliphatic heterocycles. The first-order valence-corrected chi connectivity index (χ1v) is 7.05. The third-order valence-electron chi connectivity index (χ3n) is 3.73. The van der Waals surface area contributed by atoms with Crippen LogP contribution in [-0.2, 0) is 24.8 Å². The lowest BCUT2D eigenvalue weighted by molar-refractivity contribution is -0.122. The molecule has 0 saturated carbocycles. The number of hydrogen-bond donors (Lipinski definition) is 2. The maximum absolute atomic E-state index is 12.1. The molecular weight excluding hydrogens is 300 g/mol. The first kappa shape index (κ1) is 18.2. The predicted octanol–water partition coefficient (Wildman–Crippen LogP) is 1.64. The molecule has 0 fully saturated rings. The van der Waals surface area contributed by atoms with Crippen LogP contribution < -0.4 is 11.1 Å². The molecule has 0 unspecified atom stereocenters. The van der Waals surface area contributed by atoms with Gasteiger partial charge in [0.05, 0.1) is 11.7 Å². The minimum Gasteiger partial charge on any atom is -0.351 e. The van der Waals surface area contributed by atoms with E-state index in [9.17, 15) is 4.79 Å². The molecule has 5 nitrogen and oxygen atoms in total. The van der Waals surface area contributed by atoms with Gasteiger partial charge in [-0.25, -0.2) is 0 Å². The number of carbonyl (C=O) groups excluding carboxylic acids is 1. The van der Waals surface area contributed by atoms with Crippen molar-refractivity contribution in [3.05, 3.63) is 52.8 Å². The number of nitrogens with two attached hydrogens (primary N) is 1. The van der Waals surface area contributed by atoms with Gasteiger partial charge >= 0.3 is 0 Å². The number of amides is 1. The highest BCUT2D eigenvalue weighted by Gasteiger charge is 2.15. The van der Waals surface area contributed by atoms with Crippen molar-refractivity contribution in [1.82, 2.24) is 15.1 Å². The van der Waals surface area contributed by atoms with Crippen LogP contribution in [0.15, 0.2) is 30.3 Å². The van der Waals surface area contributed by atoms with Gasteiger partial charge in [0, 0.05) is 24.8 Å². The minimum absolute atomic E-state index is 0. The molecule has 0 spiro atoms. The van der Waals surface area contributed by atoms with Crippen LogP contribution in [-0.4, -0.2) is 21.7 Å². The topological polar surface area (TPSA) is 72.9 Å². The molecule has 0 aliphatic carbocycles. The highest BCUT2D eigenvalue weighted by Crippen LogP contribution is 2.11. The molecule has 2 aromatic rings. The van der Waals surface area contributed by atoms with E-state index in [4.69, 9.17) is 5.73 Å². The minimum atomic E-state index is -0.537. The number of halogens is 1. The van der Waals surface area contributed by atoms with Gasteiger partial charge in [-0.05, 0) is 25.8 Å². The van der Waals surface area contributed by atoms with Crippen LogP contribution in [0.3, 0.4) is 0 Å². The van der Waals surface area contributed by atoms with E-state index in [0.29, 0.717) is 13.0 Å². The van der Waals surface area contributed by atoms with Crippen molar-refractivity contribution >= 4 is 18.3 Å². The van der Waals surface area contributed by atoms with Gasteiger partial charge < -0.3 is 11.1 Å². The molecular formula is C16H23ClN4O. The third kappa shape index (κ3) is 4.32. The second-order valence-corrected chi connectivity index (χ2v) is 5.29. The smallest absolute Gasteiger partial charge is 0.237 e. The van der Waals surface area contributed by atoms with E-state index in [1.165, 1.54) is 0 Å². The van der Waals surface area contributed by atoms with Gasteiger partial charge in [0.25, 0.3) is 0 Å². The Balaban J connectivity index is 0.00000242. The van der Waals surface area contributed by atoms with Gasteiger partial charge in [0.15, 0.2) is 0 Å². The van der Waals surface area contributed by atoms with Gasteiger partial charge in [-0.1, -0.05) is 30.3 Å². The van der Waals surface area contributed by atoms with Crippen molar-refractivity contribution in [3.63, 3.8) is 0 Å². The summed E-state index contributed by atoms with van der Waals surface area (Å²) in [5, 5.41) is 7.23. The van der Waals surface area contributed by atoms with Gasteiger partial charge in [0.1, 0.15) is 0 Å².